The summed E-state index contributed by atoms with van der Waals surface area (Å²) < 4.78 is 4.97. The van der Waals surface area contributed by atoms with Crippen molar-refractivity contribution in [2.24, 2.45) is 0 Å². The van der Waals surface area contributed by atoms with Gasteiger partial charge in [0, 0.05) is 6.42 Å². The van der Waals surface area contributed by atoms with Gasteiger partial charge in [0.1, 0.15) is 5.60 Å². The highest BCUT2D eigenvalue weighted by Gasteiger charge is 2.40. The minimum absolute atomic E-state index is 0.306. The Balaban J connectivity index is 2.34. The molecule has 0 aromatic carbocycles. The standard InChI is InChI=1S/C9H17NO4/c1-9(2,3)14-8(13)10-7-5(11)4-6(7)12/h5-7,11-12H,4H2,1-3H3,(H,10,13). The first-order valence-electron chi connectivity index (χ1n) is 4.65. The molecule has 1 aliphatic rings. The largest absolute Gasteiger partial charge is 0.444 e. The summed E-state index contributed by atoms with van der Waals surface area (Å²) in [5.74, 6) is 0. The Hall–Kier alpha value is -0.810. The van der Waals surface area contributed by atoms with Crippen LogP contribution in [0.4, 0.5) is 4.79 Å². The highest BCUT2D eigenvalue weighted by Crippen LogP contribution is 2.21. The SMILES string of the molecule is CC(C)(C)OC(=O)NC1C(O)CC1O. The average molecular weight is 203 g/mol. The van der Waals surface area contributed by atoms with Gasteiger partial charge in [0.2, 0.25) is 0 Å². The molecule has 0 saturated heterocycles. The second-order valence-electron chi connectivity index (χ2n) is 4.54. The van der Waals surface area contributed by atoms with E-state index in [4.69, 9.17) is 4.74 Å². The summed E-state index contributed by atoms with van der Waals surface area (Å²) in [5, 5.41) is 20.8. The number of ether oxygens (including phenoxy) is 1. The Morgan fingerprint density at radius 2 is 1.86 bits per heavy atom. The molecule has 1 aliphatic carbocycles. The molecule has 5 nitrogen and oxygen atoms in total. The van der Waals surface area contributed by atoms with E-state index in [0.717, 1.165) is 0 Å². The van der Waals surface area contributed by atoms with E-state index in [1.807, 2.05) is 0 Å². The third-order valence-corrected chi connectivity index (χ3v) is 2.00. The molecule has 1 amide bonds. The summed E-state index contributed by atoms with van der Waals surface area (Å²) in [4.78, 5) is 11.2. The van der Waals surface area contributed by atoms with E-state index in [1.54, 1.807) is 20.8 Å². The fourth-order valence-corrected chi connectivity index (χ4v) is 1.24. The molecule has 2 atom stereocenters. The van der Waals surface area contributed by atoms with E-state index in [1.165, 1.54) is 0 Å². The van der Waals surface area contributed by atoms with Crippen LogP contribution in [0.5, 0.6) is 0 Å². The van der Waals surface area contributed by atoms with Crippen LogP contribution in [-0.4, -0.2) is 40.2 Å². The molecule has 0 aromatic heterocycles. The van der Waals surface area contributed by atoms with Crippen molar-refractivity contribution in [1.29, 1.82) is 0 Å². The third kappa shape index (κ3) is 2.85. The molecule has 0 heterocycles. The van der Waals surface area contributed by atoms with Crippen molar-refractivity contribution >= 4 is 6.09 Å². The summed E-state index contributed by atoms with van der Waals surface area (Å²) in [6.45, 7) is 5.25. The first-order chi connectivity index (χ1) is 6.29. The summed E-state index contributed by atoms with van der Waals surface area (Å²) in [7, 11) is 0. The predicted molar refractivity (Wildman–Crippen MR) is 49.8 cm³/mol. The number of aliphatic hydroxyl groups excluding tert-OH is 2. The maximum absolute atomic E-state index is 11.2. The van der Waals surface area contributed by atoms with Crippen molar-refractivity contribution in [3.05, 3.63) is 0 Å². The maximum atomic E-state index is 11.2. The van der Waals surface area contributed by atoms with Crippen LogP contribution in [0, 0.1) is 0 Å². The first-order valence-corrected chi connectivity index (χ1v) is 4.65. The molecule has 1 fully saturated rings. The monoisotopic (exact) mass is 203 g/mol. The molecule has 0 radical (unpaired) electrons. The molecule has 2 unspecified atom stereocenters. The van der Waals surface area contributed by atoms with E-state index in [9.17, 15) is 15.0 Å². The Kier molecular flexibility index (Phi) is 3.01. The highest BCUT2D eigenvalue weighted by molar-refractivity contribution is 5.68. The van der Waals surface area contributed by atoms with Gasteiger partial charge in [-0.1, -0.05) is 0 Å². The maximum Gasteiger partial charge on any atom is 0.408 e. The van der Waals surface area contributed by atoms with Gasteiger partial charge in [-0.05, 0) is 20.8 Å². The number of nitrogens with one attached hydrogen (secondary N) is 1. The smallest absolute Gasteiger partial charge is 0.408 e. The Morgan fingerprint density at radius 1 is 1.36 bits per heavy atom. The molecule has 82 valence electrons. The molecule has 0 aromatic rings. The second kappa shape index (κ2) is 3.74. The third-order valence-electron chi connectivity index (χ3n) is 2.00. The lowest BCUT2D eigenvalue weighted by atomic mass is 9.86. The molecular formula is C9H17NO4. The summed E-state index contributed by atoms with van der Waals surface area (Å²) in [5.41, 5.74) is -0.566. The van der Waals surface area contributed by atoms with Gasteiger partial charge in [-0.15, -0.1) is 0 Å². The first kappa shape index (κ1) is 11.3. The van der Waals surface area contributed by atoms with E-state index < -0.39 is 29.9 Å². The molecular weight excluding hydrogens is 186 g/mol. The zero-order chi connectivity index (χ0) is 10.9. The zero-order valence-corrected chi connectivity index (χ0v) is 8.65. The minimum atomic E-state index is -0.669. The second-order valence-corrected chi connectivity index (χ2v) is 4.54. The lowest BCUT2D eigenvalue weighted by molar-refractivity contribution is -0.0655. The lowest BCUT2D eigenvalue weighted by Crippen LogP contribution is -2.60. The molecule has 0 bridgehead atoms. The molecule has 0 spiro atoms. The number of rotatable bonds is 1. The normalized spacial score (nSPS) is 31.9. The van der Waals surface area contributed by atoms with Crippen LogP contribution >= 0.6 is 0 Å². The minimum Gasteiger partial charge on any atom is -0.444 e. The van der Waals surface area contributed by atoms with Gasteiger partial charge in [0.25, 0.3) is 0 Å². The molecule has 1 saturated carbocycles. The van der Waals surface area contributed by atoms with Gasteiger partial charge < -0.3 is 20.3 Å². The van der Waals surface area contributed by atoms with Crippen molar-refractivity contribution in [2.45, 2.75) is 51.0 Å². The molecule has 0 aliphatic heterocycles. The van der Waals surface area contributed by atoms with Crippen molar-refractivity contribution < 1.29 is 19.7 Å². The van der Waals surface area contributed by atoms with E-state index in [2.05, 4.69) is 5.32 Å². The van der Waals surface area contributed by atoms with Crippen molar-refractivity contribution in [2.75, 3.05) is 0 Å². The number of amides is 1. The van der Waals surface area contributed by atoms with Gasteiger partial charge >= 0.3 is 6.09 Å². The number of alkyl carbamates (subject to hydrolysis) is 1. The van der Waals surface area contributed by atoms with Crippen LogP contribution in [0.3, 0.4) is 0 Å². The quantitative estimate of drug-likeness (QED) is 0.560. The molecule has 14 heavy (non-hydrogen) atoms. The summed E-state index contributed by atoms with van der Waals surface area (Å²) in [6, 6.07) is -0.593. The molecule has 5 heteroatoms. The Labute approximate surface area is 83.1 Å². The van der Waals surface area contributed by atoms with Gasteiger partial charge in [0.05, 0.1) is 18.2 Å². The zero-order valence-electron chi connectivity index (χ0n) is 8.65. The fraction of sp³-hybridized carbons (Fsp3) is 0.889. The van der Waals surface area contributed by atoms with E-state index in [0.29, 0.717) is 6.42 Å². The van der Waals surface area contributed by atoms with Crippen LogP contribution in [0.15, 0.2) is 0 Å². The van der Waals surface area contributed by atoms with E-state index in [-0.39, 0.29) is 0 Å². The number of aliphatic hydroxyl groups is 2. The molecule has 3 N–H and O–H groups in total. The van der Waals surface area contributed by atoms with Crippen molar-refractivity contribution in [1.82, 2.24) is 5.32 Å². The summed E-state index contributed by atoms with van der Waals surface area (Å²) >= 11 is 0. The van der Waals surface area contributed by atoms with Crippen LogP contribution in [-0.2, 0) is 4.74 Å². The summed E-state index contributed by atoms with van der Waals surface area (Å²) in [6.07, 6.45) is -1.64. The van der Waals surface area contributed by atoms with Crippen molar-refractivity contribution in [3.8, 4) is 0 Å². The predicted octanol–water partition coefficient (Wildman–Crippen LogP) is 0.00520. The van der Waals surface area contributed by atoms with Crippen LogP contribution in [0.25, 0.3) is 0 Å². The highest BCUT2D eigenvalue weighted by atomic mass is 16.6. The average Bonchev–Trinajstić information content (AvgIpc) is 1.98. The van der Waals surface area contributed by atoms with Crippen LogP contribution in [0.2, 0.25) is 0 Å². The van der Waals surface area contributed by atoms with E-state index >= 15 is 0 Å². The number of carbonyl (C=O) groups excluding carboxylic acids is 1. The number of hydrogen-bond acceptors (Lipinski definition) is 4. The van der Waals surface area contributed by atoms with Gasteiger partial charge in [-0.3, -0.25) is 0 Å². The Morgan fingerprint density at radius 3 is 2.21 bits per heavy atom. The van der Waals surface area contributed by atoms with Crippen LogP contribution < -0.4 is 5.32 Å². The van der Waals surface area contributed by atoms with Gasteiger partial charge in [-0.25, -0.2) is 4.79 Å². The van der Waals surface area contributed by atoms with Crippen molar-refractivity contribution in [3.63, 3.8) is 0 Å². The number of hydrogen-bond donors (Lipinski definition) is 3. The Bertz CT molecular complexity index is 215. The number of carbonyl (C=O) groups is 1. The fourth-order valence-electron chi connectivity index (χ4n) is 1.24. The molecule has 1 rings (SSSR count). The van der Waals surface area contributed by atoms with Gasteiger partial charge in [-0.2, -0.15) is 0 Å². The van der Waals surface area contributed by atoms with Gasteiger partial charge in [0.15, 0.2) is 0 Å². The topological polar surface area (TPSA) is 78.8 Å². The lowest BCUT2D eigenvalue weighted by Gasteiger charge is -2.38. The van der Waals surface area contributed by atoms with Crippen LogP contribution in [0.1, 0.15) is 27.2 Å².